The van der Waals surface area contributed by atoms with Crippen molar-refractivity contribution >= 4 is 40.5 Å². The van der Waals surface area contributed by atoms with E-state index in [0.29, 0.717) is 0 Å². The van der Waals surface area contributed by atoms with Crippen molar-refractivity contribution in [3.8, 4) is 27.9 Å². The summed E-state index contributed by atoms with van der Waals surface area (Å²) in [6.45, 7) is 6.13. The Balaban J connectivity index is 0.00000300. The third kappa shape index (κ3) is 4.30. The van der Waals surface area contributed by atoms with E-state index in [0.717, 1.165) is 39.4 Å². The molecule has 0 atom stereocenters. The Morgan fingerprint density at radius 1 is 0.622 bits per heavy atom. The number of hydrogen-bond acceptors (Lipinski definition) is 4. The molecule has 0 saturated carbocycles. The van der Waals surface area contributed by atoms with Crippen molar-refractivity contribution in [1.82, 2.24) is 9.78 Å². The first-order valence-corrected chi connectivity index (χ1v) is 14.9. The van der Waals surface area contributed by atoms with Gasteiger partial charge in [-0.2, -0.15) is 40.3 Å². The Kier molecular flexibility index (Phi) is 6.57. The Morgan fingerprint density at radius 3 is 1.84 bits per heavy atom. The first-order valence-electron chi connectivity index (χ1n) is 14.9. The van der Waals surface area contributed by atoms with E-state index >= 15 is 0 Å². The zero-order valence-electron chi connectivity index (χ0n) is 24.8. The predicted octanol–water partition coefficient (Wildman–Crippen LogP) is 6.91. The van der Waals surface area contributed by atoms with Crippen molar-refractivity contribution in [1.29, 1.82) is 0 Å². The van der Waals surface area contributed by atoms with Gasteiger partial charge in [0.25, 0.3) is 6.85 Å². The van der Waals surface area contributed by atoms with Crippen LogP contribution in [0.5, 0.6) is 0 Å². The molecule has 3 aliphatic rings. The molecule has 0 aliphatic carbocycles. The van der Waals surface area contributed by atoms with E-state index < -0.39 is 0 Å². The van der Waals surface area contributed by atoms with Gasteiger partial charge in [0, 0.05) is 43.2 Å². The first-order chi connectivity index (χ1) is 21.6. The zero-order valence-corrected chi connectivity index (χ0v) is 26.3. The quantitative estimate of drug-likeness (QED) is 0.151. The Morgan fingerprint density at radius 2 is 1.20 bits per heavy atom. The fourth-order valence-electron chi connectivity index (χ4n) is 6.93. The van der Waals surface area contributed by atoms with Crippen molar-refractivity contribution in [3.63, 3.8) is 0 Å². The molecule has 0 saturated heterocycles. The summed E-state index contributed by atoms with van der Waals surface area (Å²) in [5.41, 5.74) is 14.6. The fraction of sp³-hybridized carbons (Fsp3) is 0.0526. The Labute approximate surface area is 277 Å². The summed E-state index contributed by atoms with van der Waals surface area (Å²) >= 11 is 0. The van der Waals surface area contributed by atoms with Crippen LogP contribution in [-0.4, -0.2) is 16.6 Å². The molecule has 0 unspecified atom stereocenters. The largest absolute Gasteiger partial charge is 0.500 e. The smallest absolute Gasteiger partial charge is 0.278 e. The van der Waals surface area contributed by atoms with E-state index in [2.05, 4.69) is 156 Å². The molecule has 0 N–H and O–H groups in total. The van der Waals surface area contributed by atoms with Crippen LogP contribution < -0.4 is 25.5 Å². The van der Waals surface area contributed by atoms with Crippen LogP contribution in [0, 0.1) is 32.6 Å². The molecule has 4 heterocycles. The number of rotatable bonds is 3. The van der Waals surface area contributed by atoms with Crippen molar-refractivity contribution in [2.45, 2.75) is 13.8 Å². The first kappa shape index (κ1) is 27.7. The SMILES string of the molecule is Cc1cc(C)n(-c2[c-]c3c(cc2)-c2ccccc2N2B3c3[c-]c(N4C=CN(c5ccccc5)[CH-]4)ccc3-c3ccccc32)n1.[Pd]. The Bertz CT molecular complexity index is 2120. The van der Waals surface area contributed by atoms with E-state index in [1.54, 1.807) is 0 Å². The number of hydrogen-bond donors (Lipinski definition) is 0. The fourth-order valence-corrected chi connectivity index (χ4v) is 6.93. The number of aryl methyl sites for hydroxylation is 2. The van der Waals surface area contributed by atoms with Crippen LogP contribution in [0.4, 0.5) is 22.7 Å². The van der Waals surface area contributed by atoms with Gasteiger partial charge in [0.1, 0.15) is 0 Å². The van der Waals surface area contributed by atoms with Crippen LogP contribution >= 0.6 is 0 Å². The number of aromatic nitrogens is 2. The maximum Gasteiger partial charge on any atom is 0.278 e. The van der Waals surface area contributed by atoms with Gasteiger partial charge >= 0.3 is 0 Å². The third-order valence-electron chi connectivity index (χ3n) is 8.84. The molecule has 5 aromatic carbocycles. The molecule has 1 aromatic heterocycles. The van der Waals surface area contributed by atoms with Gasteiger partial charge in [-0.15, -0.1) is 35.6 Å². The van der Waals surface area contributed by atoms with Crippen molar-refractivity contribution < 1.29 is 20.4 Å². The Hall–Kier alpha value is -4.82. The summed E-state index contributed by atoms with van der Waals surface area (Å²) in [6, 6.07) is 46.5. The molecule has 0 fully saturated rings. The minimum absolute atomic E-state index is 0. The summed E-state index contributed by atoms with van der Waals surface area (Å²) in [5.74, 6) is 0. The summed E-state index contributed by atoms with van der Waals surface area (Å²) in [6.07, 6.45) is 4.18. The van der Waals surface area contributed by atoms with Gasteiger partial charge in [0.2, 0.25) is 0 Å². The van der Waals surface area contributed by atoms with Gasteiger partial charge in [0.15, 0.2) is 0 Å². The molecule has 45 heavy (non-hydrogen) atoms. The number of benzene rings is 5. The van der Waals surface area contributed by atoms with E-state index in [1.807, 2.05) is 17.7 Å². The monoisotopic (exact) mass is 670 g/mol. The van der Waals surface area contributed by atoms with Crippen LogP contribution in [0.15, 0.2) is 122 Å². The van der Waals surface area contributed by atoms with Gasteiger partial charge in [-0.25, -0.2) is 0 Å². The third-order valence-corrected chi connectivity index (χ3v) is 8.84. The molecule has 0 amide bonds. The van der Waals surface area contributed by atoms with Gasteiger partial charge in [-0.05, 0) is 62.3 Å². The zero-order chi connectivity index (χ0) is 29.4. The number of fused-ring (bicyclic) bond motifs is 11. The van der Waals surface area contributed by atoms with Gasteiger partial charge in [-0.3, -0.25) is 4.68 Å². The van der Waals surface area contributed by atoms with Gasteiger partial charge in [-0.1, -0.05) is 65.7 Å². The van der Waals surface area contributed by atoms with Crippen molar-refractivity contribution in [2.24, 2.45) is 0 Å². The van der Waals surface area contributed by atoms with Crippen molar-refractivity contribution in [2.75, 3.05) is 14.6 Å². The standard InChI is InChI=1S/C38H27BN5.Pd/c1-26-22-27(2)44(40-26)30-17-19-32-34-13-7-9-15-38(34)43-37-14-8-6-12-33(37)31-18-16-29(23-35(31)39(43)36(32)24-30)42-21-20-41(25-42)28-10-4-3-5-11-28;/h3-22,25H,1-2H3;/q-3;. The van der Waals surface area contributed by atoms with Gasteiger partial charge < -0.3 is 14.6 Å². The summed E-state index contributed by atoms with van der Waals surface area (Å²) in [4.78, 5) is 6.76. The molecule has 5 nitrogen and oxygen atoms in total. The van der Waals surface area contributed by atoms with E-state index in [-0.39, 0.29) is 27.3 Å². The second-order valence-electron chi connectivity index (χ2n) is 11.6. The average molecular weight is 671 g/mol. The normalized spacial score (nSPS) is 13.9. The van der Waals surface area contributed by atoms with Crippen LogP contribution in [0.1, 0.15) is 11.4 Å². The van der Waals surface area contributed by atoms with E-state index in [9.17, 15) is 0 Å². The second-order valence-corrected chi connectivity index (χ2v) is 11.6. The topological polar surface area (TPSA) is 27.5 Å². The van der Waals surface area contributed by atoms with E-state index in [1.165, 1.54) is 33.6 Å². The molecule has 9 rings (SSSR count). The number of anilines is 4. The molecular formula is C38H27BN5Pd-3. The minimum atomic E-state index is -0.113. The summed E-state index contributed by atoms with van der Waals surface area (Å²) in [5, 5.41) is 4.80. The maximum absolute atomic E-state index is 4.80. The van der Waals surface area contributed by atoms with E-state index in [4.69, 9.17) is 5.10 Å². The second kappa shape index (κ2) is 10.7. The molecule has 220 valence electrons. The minimum Gasteiger partial charge on any atom is -0.500 e. The molecule has 7 heteroatoms. The number of para-hydroxylation sites is 3. The summed E-state index contributed by atoms with van der Waals surface area (Å²) < 4.78 is 2.00. The maximum atomic E-state index is 4.80. The average Bonchev–Trinajstić information content (AvgIpc) is 3.70. The van der Waals surface area contributed by atoms with Crippen LogP contribution in [0.2, 0.25) is 0 Å². The van der Waals surface area contributed by atoms with Crippen molar-refractivity contribution in [3.05, 3.63) is 152 Å². The molecule has 0 spiro atoms. The molecule has 6 aromatic rings. The summed E-state index contributed by atoms with van der Waals surface area (Å²) in [7, 11) is 0. The number of nitrogens with zero attached hydrogens (tertiary/aromatic N) is 5. The molecule has 0 radical (unpaired) electrons. The molecular weight excluding hydrogens is 644 g/mol. The van der Waals surface area contributed by atoms with Crippen LogP contribution in [0.25, 0.3) is 27.9 Å². The van der Waals surface area contributed by atoms with Gasteiger partial charge in [0.05, 0.1) is 5.69 Å². The van der Waals surface area contributed by atoms with Crippen LogP contribution in [0.3, 0.4) is 0 Å². The molecule has 3 aliphatic heterocycles. The molecule has 0 bridgehead atoms. The predicted molar refractivity (Wildman–Crippen MR) is 180 cm³/mol. The van der Waals surface area contributed by atoms with Crippen LogP contribution in [-0.2, 0) is 20.4 Å².